The van der Waals surface area contributed by atoms with Gasteiger partial charge in [0, 0.05) is 37.2 Å². The van der Waals surface area contributed by atoms with Crippen molar-refractivity contribution in [2.75, 3.05) is 14.1 Å². The summed E-state index contributed by atoms with van der Waals surface area (Å²) in [4.78, 5) is 36.2. The zero-order valence-electron chi connectivity index (χ0n) is 13.3. The second-order valence-corrected chi connectivity index (χ2v) is 6.01. The summed E-state index contributed by atoms with van der Waals surface area (Å²) in [6.45, 7) is 3.53. The van der Waals surface area contributed by atoms with Crippen LogP contribution in [0, 0.1) is 0 Å². The number of carboxylic acids is 1. The summed E-state index contributed by atoms with van der Waals surface area (Å²) in [6.07, 6.45) is 0.302. The molecule has 0 saturated carbocycles. The van der Waals surface area contributed by atoms with Gasteiger partial charge in [0.25, 0.3) is 11.8 Å². The normalized spacial score (nSPS) is 10.9. The van der Waals surface area contributed by atoms with Crippen LogP contribution >= 0.6 is 0 Å². The van der Waals surface area contributed by atoms with Crippen LogP contribution in [0.2, 0.25) is 0 Å². The van der Waals surface area contributed by atoms with Gasteiger partial charge in [0.15, 0.2) is 0 Å². The van der Waals surface area contributed by atoms with Crippen LogP contribution in [0.25, 0.3) is 0 Å². The monoisotopic (exact) mass is 306 g/mol. The number of amides is 2. The van der Waals surface area contributed by atoms with E-state index in [4.69, 9.17) is 5.11 Å². The fourth-order valence-electron chi connectivity index (χ4n) is 1.91. The highest BCUT2D eigenvalue weighted by Gasteiger charge is 2.22. The molecule has 0 atom stereocenters. The fourth-order valence-corrected chi connectivity index (χ4v) is 1.91. The summed E-state index contributed by atoms with van der Waals surface area (Å²) >= 11 is 0. The van der Waals surface area contributed by atoms with Gasteiger partial charge in [-0.2, -0.15) is 0 Å². The number of carbonyl (C=O) groups is 3. The van der Waals surface area contributed by atoms with E-state index in [0.29, 0.717) is 17.5 Å². The Hall–Kier alpha value is -2.37. The van der Waals surface area contributed by atoms with E-state index in [1.54, 1.807) is 46.1 Å². The summed E-state index contributed by atoms with van der Waals surface area (Å²) in [5.41, 5.74) is 0.161. The highest BCUT2D eigenvalue weighted by Crippen LogP contribution is 2.14. The lowest BCUT2D eigenvalue weighted by atomic mass is 9.97. The molecule has 2 N–H and O–H groups in total. The Labute approximate surface area is 130 Å². The molecule has 2 amide bonds. The van der Waals surface area contributed by atoms with E-state index in [0.717, 1.165) is 0 Å². The molecule has 0 aliphatic carbocycles. The SMILES string of the molecule is CN(C)C(=O)c1cccc(C(=O)NC(C)(C)CCC(=O)O)c1. The molecule has 0 aliphatic rings. The van der Waals surface area contributed by atoms with Crippen LogP contribution in [-0.4, -0.2) is 47.4 Å². The first-order valence-electron chi connectivity index (χ1n) is 6.98. The molecule has 0 heterocycles. The maximum absolute atomic E-state index is 12.3. The van der Waals surface area contributed by atoms with Gasteiger partial charge in [-0.25, -0.2) is 0 Å². The molecule has 6 nitrogen and oxygen atoms in total. The lowest BCUT2D eigenvalue weighted by molar-refractivity contribution is -0.137. The summed E-state index contributed by atoms with van der Waals surface area (Å²) in [5, 5.41) is 11.5. The average Bonchev–Trinajstić information content (AvgIpc) is 2.44. The molecule has 0 spiro atoms. The zero-order valence-corrected chi connectivity index (χ0v) is 13.3. The molecule has 0 saturated heterocycles. The fraction of sp³-hybridized carbons (Fsp3) is 0.438. The minimum atomic E-state index is -0.902. The number of benzene rings is 1. The molecule has 0 radical (unpaired) electrons. The molecule has 120 valence electrons. The van der Waals surface area contributed by atoms with E-state index < -0.39 is 11.5 Å². The van der Waals surface area contributed by atoms with Gasteiger partial charge in [-0.3, -0.25) is 14.4 Å². The Kier molecular flexibility index (Phi) is 5.68. The quantitative estimate of drug-likeness (QED) is 0.838. The Morgan fingerprint density at radius 3 is 2.32 bits per heavy atom. The van der Waals surface area contributed by atoms with Crippen molar-refractivity contribution >= 4 is 17.8 Å². The van der Waals surface area contributed by atoms with Crippen LogP contribution in [0.5, 0.6) is 0 Å². The Bertz CT molecular complexity index is 579. The van der Waals surface area contributed by atoms with Crippen molar-refractivity contribution < 1.29 is 19.5 Å². The topological polar surface area (TPSA) is 86.7 Å². The Morgan fingerprint density at radius 1 is 1.18 bits per heavy atom. The van der Waals surface area contributed by atoms with Crippen molar-refractivity contribution in [3.63, 3.8) is 0 Å². The van der Waals surface area contributed by atoms with E-state index in [2.05, 4.69) is 5.32 Å². The van der Waals surface area contributed by atoms with Crippen molar-refractivity contribution in [1.29, 1.82) is 0 Å². The predicted octanol–water partition coefficient (Wildman–Crippen LogP) is 1.76. The largest absolute Gasteiger partial charge is 0.481 e. The Balaban J connectivity index is 2.83. The van der Waals surface area contributed by atoms with Crippen LogP contribution in [0.4, 0.5) is 0 Å². The second-order valence-electron chi connectivity index (χ2n) is 6.01. The highest BCUT2D eigenvalue weighted by atomic mass is 16.4. The average molecular weight is 306 g/mol. The number of nitrogens with one attached hydrogen (secondary N) is 1. The van der Waals surface area contributed by atoms with Gasteiger partial charge in [0.1, 0.15) is 0 Å². The van der Waals surface area contributed by atoms with Gasteiger partial charge < -0.3 is 15.3 Å². The lowest BCUT2D eigenvalue weighted by Crippen LogP contribution is -2.43. The predicted molar refractivity (Wildman–Crippen MR) is 82.9 cm³/mol. The summed E-state index contributed by atoms with van der Waals surface area (Å²) in [5.74, 6) is -1.41. The minimum Gasteiger partial charge on any atom is -0.481 e. The first kappa shape index (κ1) is 17.7. The zero-order chi connectivity index (χ0) is 16.9. The third-order valence-electron chi connectivity index (χ3n) is 3.19. The number of hydrogen-bond acceptors (Lipinski definition) is 3. The van der Waals surface area contributed by atoms with E-state index in [-0.39, 0.29) is 18.2 Å². The molecular formula is C16H22N2O4. The summed E-state index contributed by atoms with van der Waals surface area (Å²) < 4.78 is 0. The molecule has 1 aromatic rings. The second kappa shape index (κ2) is 7.06. The molecular weight excluding hydrogens is 284 g/mol. The molecule has 0 aromatic heterocycles. The molecule has 6 heteroatoms. The third-order valence-corrected chi connectivity index (χ3v) is 3.19. The van der Waals surface area contributed by atoms with Crippen molar-refractivity contribution in [2.45, 2.75) is 32.2 Å². The van der Waals surface area contributed by atoms with Gasteiger partial charge in [0.2, 0.25) is 0 Å². The third kappa shape index (κ3) is 5.20. The van der Waals surface area contributed by atoms with Crippen molar-refractivity contribution in [3.8, 4) is 0 Å². The molecule has 1 aromatic carbocycles. The van der Waals surface area contributed by atoms with Crippen LogP contribution in [-0.2, 0) is 4.79 Å². The van der Waals surface area contributed by atoms with E-state index in [9.17, 15) is 14.4 Å². The molecule has 0 aliphatic heterocycles. The smallest absolute Gasteiger partial charge is 0.303 e. The lowest BCUT2D eigenvalue weighted by Gasteiger charge is -2.25. The number of nitrogens with zero attached hydrogens (tertiary/aromatic N) is 1. The number of carbonyl (C=O) groups excluding carboxylic acids is 2. The first-order valence-corrected chi connectivity index (χ1v) is 6.98. The molecule has 1 rings (SSSR count). The van der Waals surface area contributed by atoms with E-state index in [1.165, 1.54) is 11.0 Å². The number of aliphatic carboxylic acids is 1. The molecule has 0 unspecified atom stereocenters. The van der Waals surface area contributed by atoms with Crippen LogP contribution in [0.15, 0.2) is 24.3 Å². The van der Waals surface area contributed by atoms with Gasteiger partial charge in [0.05, 0.1) is 0 Å². The van der Waals surface area contributed by atoms with Crippen molar-refractivity contribution in [1.82, 2.24) is 10.2 Å². The van der Waals surface area contributed by atoms with E-state index in [1.807, 2.05) is 0 Å². The van der Waals surface area contributed by atoms with Gasteiger partial charge >= 0.3 is 5.97 Å². The van der Waals surface area contributed by atoms with Gasteiger partial charge in [-0.15, -0.1) is 0 Å². The minimum absolute atomic E-state index is 0.0214. The first-order chi connectivity index (χ1) is 10.1. The molecule has 22 heavy (non-hydrogen) atoms. The van der Waals surface area contributed by atoms with E-state index >= 15 is 0 Å². The maximum atomic E-state index is 12.3. The standard InChI is InChI=1S/C16H22N2O4/c1-16(2,9-8-13(19)20)17-14(21)11-6-5-7-12(10-11)15(22)18(3)4/h5-7,10H,8-9H2,1-4H3,(H,17,21)(H,19,20). The number of carboxylic acid groups (broad SMARTS) is 1. The van der Waals surface area contributed by atoms with Crippen LogP contribution < -0.4 is 5.32 Å². The summed E-state index contributed by atoms with van der Waals surface area (Å²) in [6, 6.07) is 6.45. The van der Waals surface area contributed by atoms with Crippen molar-refractivity contribution in [2.24, 2.45) is 0 Å². The Morgan fingerprint density at radius 2 is 1.77 bits per heavy atom. The maximum Gasteiger partial charge on any atom is 0.303 e. The number of rotatable bonds is 6. The highest BCUT2D eigenvalue weighted by molar-refractivity contribution is 5.99. The van der Waals surface area contributed by atoms with Crippen LogP contribution in [0.1, 0.15) is 47.4 Å². The van der Waals surface area contributed by atoms with Crippen molar-refractivity contribution in [3.05, 3.63) is 35.4 Å². The molecule has 0 bridgehead atoms. The van der Waals surface area contributed by atoms with Crippen LogP contribution in [0.3, 0.4) is 0 Å². The number of hydrogen-bond donors (Lipinski definition) is 2. The molecule has 0 fully saturated rings. The van der Waals surface area contributed by atoms with Gasteiger partial charge in [-0.1, -0.05) is 6.07 Å². The van der Waals surface area contributed by atoms with Gasteiger partial charge in [-0.05, 0) is 38.5 Å². The summed E-state index contributed by atoms with van der Waals surface area (Å²) in [7, 11) is 3.29.